The van der Waals surface area contributed by atoms with Crippen LogP contribution >= 0.6 is 0 Å². The van der Waals surface area contributed by atoms with Crippen molar-refractivity contribution in [3.05, 3.63) is 42.0 Å². The molecule has 110 valence electrons. The summed E-state index contributed by atoms with van der Waals surface area (Å²) < 4.78 is 10.9. The Morgan fingerprint density at radius 3 is 2.65 bits per heavy atom. The van der Waals surface area contributed by atoms with Crippen molar-refractivity contribution in [2.24, 2.45) is 0 Å². The monoisotopic (exact) mass is 292 g/mol. The summed E-state index contributed by atoms with van der Waals surface area (Å²) in [7, 11) is -1.18. The van der Waals surface area contributed by atoms with E-state index in [9.17, 15) is 4.79 Å². The minimum atomic E-state index is -1.18. The molecule has 0 bridgehead atoms. The first-order valence-electron chi connectivity index (χ1n) is 6.85. The Morgan fingerprint density at radius 2 is 2.05 bits per heavy atom. The number of rotatable bonds is 7. The van der Waals surface area contributed by atoms with Crippen LogP contribution in [0, 0.1) is 6.92 Å². The van der Waals surface area contributed by atoms with E-state index in [1.165, 1.54) is 0 Å². The highest BCUT2D eigenvalue weighted by molar-refractivity contribution is 6.76. The highest BCUT2D eigenvalue weighted by atomic mass is 28.3. The summed E-state index contributed by atoms with van der Waals surface area (Å²) in [5.41, 5.74) is 1.38. The second kappa shape index (κ2) is 7.29. The van der Waals surface area contributed by atoms with Gasteiger partial charge in [0.15, 0.2) is 0 Å². The fraction of sp³-hybridized carbons (Fsp3) is 0.438. The van der Waals surface area contributed by atoms with Gasteiger partial charge in [-0.15, -0.1) is 0 Å². The SMILES string of the molecule is C=CCOc1cccc(C(=O)OCC[Si](C)(C)C)c1C. The van der Waals surface area contributed by atoms with E-state index in [0.29, 0.717) is 24.5 Å². The molecule has 1 rings (SSSR count). The molecule has 0 unspecified atom stereocenters. The van der Waals surface area contributed by atoms with Gasteiger partial charge in [0, 0.05) is 13.6 Å². The zero-order valence-electron chi connectivity index (χ0n) is 12.9. The second-order valence-electron chi connectivity index (χ2n) is 5.97. The molecule has 4 heteroatoms. The molecule has 0 amide bonds. The van der Waals surface area contributed by atoms with E-state index in [0.717, 1.165) is 11.6 Å². The number of benzene rings is 1. The predicted octanol–water partition coefficient (Wildman–Crippen LogP) is 4.05. The molecule has 0 atom stereocenters. The number of carbonyl (C=O) groups excluding carboxylic acids is 1. The van der Waals surface area contributed by atoms with Crippen molar-refractivity contribution in [3.63, 3.8) is 0 Å². The summed E-state index contributed by atoms with van der Waals surface area (Å²) in [5.74, 6) is 0.425. The molecule has 0 fully saturated rings. The zero-order valence-corrected chi connectivity index (χ0v) is 13.9. The Balaban J connectivity index is 2.70. The van der Waals surface area contributed by atoms with E-state index in [4.69, 9.17) is 9.47 Å². The number of hydrogen-bond donors (Lipinski definition) is 0. The van der Waals surface area contributed by atoms with Crippen LogP contribution in [0.15, 0.2) is 30.9 Å². The lowest BCUT2D eigenvalue weighted by atomic mass is 10.1. The van der Waals surface area contributed by atoms with Crippen molar-refractivity contribution >= 4 is 14.0 Å². The van der Waals surface area contributed by atoms with Crippen molar-refractivity contribution < 1.29 is 14.3 Å². The highest BCUT2D eigenvalue weighted by Crippen LogP contribution is 2.22. The molecule has 0 saturated carbocycles. The van der Waals surface area contributed by atoms with Crippen molar-refractivity contribution in [2.75, 3.05) is 13.2 Å². The van der Waals surface area contributed by atoms with Gasteiger partial charge in [-0.2, -0.15) is 0 Å². The third-order valence-corrected chi connectivity index (χ3v) is 4.65. The van der Waals surface area contributed by atoms with Crippen LogP contribution in [0.4, 0.5) is 0 Å². The van der Waals surface area contributed by atoms with Gasteiger partial charge in [0.25, 0.3) is 0 Å². The van der Waals surface area contributed by atoms with E-state index in [-0.39, 0.29) is 5.97 Å². The van der Waals surface area contributed by atoms with Crippen LogP contribution < -0.4 is 4.74 Å². The van der Waals surface area contributed by atoms with E-state index in [1.54, 1.807) is 18.2 Å². The molecule has 0 saturated heterocycles. The fourth-order valence-corrected chi connectivity index (χ4v) is 2.38. The lowest BCUT2D eigenvalue weighted by Gasteiger charge is -2.16. The van der Waals surface area contributed by atoms with Crippen LogP contribution in [0.25, 0.3) is 0 Å². The Labute approximate surface area is 122 Å². The van der Waals surface area contributed by atoms with Crippen LogP contribution in [0.5, 0.6) is 5.75 Å². The van der Waals surface area contributed by atoms with Gasteiger partial charge in [0.1, 0.15) is 12.4 Å². The largest absolute Gasteiger partial charge is 0.489 e. The van der Waals surface area contributed by atoms with Gasteiger partial charge in [0.05, 0.1) is 12.2 Å². The Bertz CT molecular complexity index is 475. The summed E-state index contributed by atoms with van der Waals surface area (Å²) in [4.78, 5) is 12.1. The number of hydrogen-bond acceptors (Lipinski definition) is 3. The third-order valence-electron chi connectivity index (χ3n) is 2.95. The Hall–Kier alpha value is -1.55. The molecular weight excluding hydrogens is 268 g/mol. The maximum absolute atomic E-state index is 12.1. The lowest BCUT2D eigenvalue weighted by Crippen LogP contribution is -2.22. The second-order valence-corrected chi connectivity index (χ2v) is 11.6. The van der Waals surface area contributed by atoms with E-state index in [1.807, 2.05) is 13.0 Å². The Morgan fingerprint density at radius 1 is 1.35 bits per heavy atom. The van der Waals surface area contributed by atoms with Crippen LogP contribution in [0.3, 0.4) is 0 Å². The minimum Gasteiger partial charge on any atom is -0.489 e. The number of carbonyl (C=O) groups is 1. The third kappa shape index (κ3) is 5.21. The van der Waals surface area contributed by atoms with Gasteiger partial charge < -0.3 is 9.47 Å². The number of ether oxygens (including phenoxy) is 2. The molecule has 1 aromatic rings. The van der Waals surface area contributed by atoms with Crippen molar-refractivity contribution in [3.8, 4) is 5.75 Å². The predicted molar refractivity (Wildman–Crippen MR) is 85.3 cm³/mol. The first-order chi connectivity index (χ1) is 9.35. The van der Waals surface area contributed by atoms with Gasteiger partial charge in [-0.05, 0) is 25.1 Å². The highest BCUT2D eigenvalue weighted by Gasteiger charge is 2.17. The molecule has 0 aliphatic rings. The first kappa shape index (κ1) is 16.5. The van der Waals surface area contributed by atoms with Gasteiger partial charge in [-0.25, -0.2) is 4.79 Å². The summed E-state index contributed by atoms with van der Waals surface area (Å²) in [6.45, 7) is 13.2. The van der Waals surface area contributed by atoms with Gasteiger partial charge >= 0.3 is 5.97 Å². The molecule has 20 heavy (non-hydrogen) atoms. The summed E-state index contributed by atoms with van der Waals surface area (Å²) in [6, 6.07) is 6.40. The van der Waals surface area contributed by atoms with Crippen LogP contribution in [-0.4, -0.2) is 27.3 Å². The maximum Gasteiger partial charge on any atom is 0.338 e. The quantitative estimate of drug-likeness (QED) is 0.432. The molecule has 0 aromatic heterocycles. The van der Waals surface area contributed by atoms with Crippen molar-refractivity contribution in [1.82, 2.24) is 0 Å². The van der Waals surface area contributed by atoms with Crippen LogP contribution in [0.2, 0.25) is 25.7 Å². The van der Waals surface area contributed by atoms with Crippen molar-refractivity contribution in [2.45, 2.75) is 32.6 Å². The first-order valence-corrected chi connectivity index (χ1v) is 10.6. The average molecular weight is 292 g/mol. The van der Waals surface area contributed by atoms with Crippen LogP contribution in [-0.2, 0) is 4.74 Å². The molecule has 0 radical (unpaired) electrons. The standard InChI is InChI=1S/C16H24O3Si/c1-6-10-18-15-9-7-8-14(13(15)2)16(17)19-11-12-20(3,4)5/h6-9H,1,10-12H2,2-5H3. The van der Waals surface area contributed by atoms with Gasteiger partial charge in [0.2, 0.25) is 0 Å². The van der Waals surface area contributed by atoms with E-state index in [2.05, 4.69) is 26.2 Å². The molecule has 0 aliphatic carbocycles. The molecule has 0 spiro atoms. The molecular formula is C16H24O3Si. The molecule has 0 aliphatic heterocycles. The molecule has 1 aromatic carbocycles. The Kier molecular flexibility index (Phi) is 6.01. The summed E-state index contributed by atoms with van der Waals surface area (Å²) in [5, 5.41) is 0. The van der Waals surface area contributed by atoms with E-state index < -0.39 is 8.07 Å². The fourth-order valence-electron chi connectivity index (χ4n) is 1.67. The van der Waals surface area contributed by atoms with Gasteiger partial charge in [-0.3, -0.25) is 0 Å². The van der Waals surface area contributed by atoms with Crippen LogP contribution in [0.1, 0.15) is 15.9 Å². The topological polar surface area (TPSA) is 35.5 Å². The van der Waals surface area contributed by atoms with Crippen molar-refractivity contribution in [1.29, 1.82) is 0 Å². The summed E-state index contributed by atoms with van der Waals surface area (Å²) in [6.07, 6.45) is 1.68. The summed E-state index contributed by atoms with van der Waals surface area (Å²) >= 11 is 0. The number of esters is 1. The smallest absolute Gasteiger partial charge is 0.338 e. The average Bonchev–Trinajstić information content (AvgIpc) is 2.36. The zero-order chi connectivity index (χ0) is 15.2. The molecule has 0 heterocycles. The minimum absolute atomic E-state index is 0.273. The van der Waals surface area contributed by atoms with Gasteiger partial charge in [-0.1, -0.05) is 38.4 Å². The lowest BCUT2D eigenvalue weighted by molar-refractivity contribution is 0.0524. The normalized spacial score (nSPS) is 11.0. The van der Waals surface area contributed by atoms with E-state index >= 15 is 0 Å². The molecule has 3 nitrogen and oxygen atoms in total. The maximum atomic E-state index is 12.1. The molecule has 0 N–H and O–H groups in total.